The van der Waals surface area contributed by atoms with Crippen molar-refractivity contribution in [2.24, 2.45) is 5.92 Å². The second kappa shape index (κ2) is 11.1. The predicted molar refractivity (Wildman–Crippen MR) is 120 cm³/mol. The van der Waals surface area contributed by atoms with Crippen molar-refractivity contribution >= 4 is 0 Å². The molecule has 2 atom stereocenters. The number of halogens is 3. The molecule has 0 aliphatic carbocycles. The summed E-state index contributed by atoms with van der Waals surface area (Å²) in [5.41, 5.74) is 0.156. The summed E-state index contributed by atoms with van der Waals surface area (Å²) >= 11 is 0. The van der Waals surface area contributed by atoms with Gasteiger partial charge in [-0.1, -0.05) is 38.0 Å². The Bertz CT molecular complexity index is 905. The summed E-state index contributed by atoms with van der Waals surface area (Å²) in [5, 5.41) is 0. The second-order valence-electron chi connectivity index (χ2n) is 8.61. The Kier molecular flexibility index (Phi) is 8.48. The van der Waals surface area contributed by atoms with Gasteiger partial charge in [-0.25, -0.2) is 0 Å². The van der Waals surface area contributed by atoms with E-state index in [-0.39, 0.29) is 24.1 Å². The Morgan fingerprint density at radius 2 is 1.88 bits per heavy atom. The van der Waals surface area contributed by atoms with E-state index in [1.165, 1.54) is 18.6 Å². The highest BCUT2D eigenvalue weighted by molar-refractivity contribution is 5.46. The minimum absolute atomic E-state index is 0. The van der Waals surface area contributed by atoms with Crippen LogP contribution in [0, 0.1) is 5.92 Å². The molecule has 2 heterocycles. The van der Waals surface area contributed by atoms with Crippen LogP contribution in [0.1, 0.15) is 49.7 Å². The van der Waals surface area contributed by atoms with Crippen molar-refractivity contribution in [2.45, 2.75) is 44.7 Å². The number of nitrogens with zero attached hydrogens (tertiary/aromatic N) is 1. The average Bonchev–Trinajstić information content (AvgIpc) is 3.25. The van der Waals surface area contributed by atoms with Crippen molar-refractivity contribution in [2.75, 3.05) is 33.0 Å². The fourth-order valence-electron chi connectivity index (χ4n) is 4.62. The molecule has 0 bridgehead atoms. The smallest absolute Gasteiger partial charge is 0.416 e. The Balaban J connectivity index is 0.00000306. The molecule has 5 nitrogen and oxygen atoms in total. The maximum Gasteiger partial charge on any atom is 0.416 e. The maximum atomic E-state index is 13.3. The third kappa shape index (κ3) is 6.32. The Hall–Kier alpha value is -2.45. The topological polar surface area (TPSA) is 62.4 Å². The first-order valence-corrected chi connectivity index (χ1v) is 11.4. The van der Waals surface area contributed by atoms with Gasteiger partial charge < -0.3 is 24.6 Å². The second-order valence-corrected chi connectivity index (χ2v) is 8.61. The van der Waals surface area contributed by atoms with E-state index in [4.69, 9.17) is 14.2 Å². The number of hydrogen-bond donors (Lipinski definition) is 0. The molecule has 33 heavy (non-hydrogen) atoms. The molecule has 0 unspecified atom stereocenters. The molecule has 0 spiro atoms. The first-order valence-electron chi connectivity index (χ1n) is 11.4. The molecule has 182 valence electrons. The summed E-state index contributed by atoms with van der Waals surface area (Å²) < 4.78 is 56.7. The lowest BCUT2D eigenvalue weighted by atomic mass is 9.80. The van der Waals surface area contributed by atoms with Crippen molar-refractivity contribution in [1.82, 2.24) is 4.90 Å². The zero-order valence-electron chi connectivity index (χ0n) is 18.9. The molecule has 8 heteroatoms. The number of piperidine rings is 1. The van der Waals surface area contributed by atoms with E-state index >= 15 is 0 Å². The minimum Gasteiger partial charge on any atom is -0.493 e. The molecule has 2 aliphatic heterocycles. The molecule has 0 amide bonds. The van der Waals surface area contributed by atoms with Crippen molar-refractivity contribution in [1.29, 1.82) is 0 Å². The summed E-state index contributed by atoms with van der Waals surface area (Å²) in [6.45, 7) is 5.54. The van der Waals surface area contributed by atoms with E-state index in [1.54, 1.807) is 0 Å². The van der Waals surface area contributed by atoms with Crippen molar-refractivity contribution in [3.05, 3.63) is 53.6 Å². The molecule has 2 aromatic rings. The summed E-state index contributed by atoms with van der Waals surface area (Å²) in [6, 6.07) is 11.3. The number of rotatable bonds is 8. The van der Waals surface area contributed by atoms with Crippen LogP contribution in [-0.2, 0) is 6.18 Å². The zero-order valence-corrected chi connectivity index (χ0v) is 18.9. The first-order chi connectivity index (χ1) is 15.4. The summed E-state index contributed by atoms with van der Waals surface area (Å²) in [7, 11) is 0. The fourth-order valence-corrected chi connectivity index (χ4v) is 4.62. The van der Waals surface area contributed by atoms with Crippen LogP contribution in [0.5, 0.6) is 17.2 Å². The average molecular weight is 468 g/mol. The SMILES string of the molecule is CCCCCN1CC[C@H](c2cccc(C(F)(F)F)c2)[C@@H](COc2ccc3c(c2)OCO3)C1.O. The third-order valence-electron chi connectivity index (χ3n) is 6.35. The molecule has 4 rings (SSSR count). The van der Waals surface area contributed by atoms with Crippen LogP contribution in [0.2, 0.25) is 0 Å². The molecule has 0 aromatic heterocycles. The third-order valence-corrected chi connectivity index (χ3v) is 6.35. The quantitative estimate of drug-likeness (QED) is 0.496. The Labute approximate surface area is 192 Å². The predicted octanol–water partition coefficient (Wildman–Crippen LogP) is 5.28. The standard InChI is InChI=1S/C25H30F3NO3.H2O/c1-2-3-4-11-29-12-10-22(18-6-5-7-20(13-18)25(26,27)28)19(15-29)16-30-21-8-9-23-24(14-21)32-17-31-23;/h5-9,13-14,19,22H,2-4,10-12,15-17H2,1H3;1H2/t19-,22-;/m1./s1. The molecule has 2 N–H and O–H groups in total. The van der Waals surface area contributed by atoms with E-state index in [0.29, 0.717) is 23.9 Å². The van der Waals surface area contributed by atoms with Gasteiger partial charge in [0.1, 0.15) is 5.75 Å². The summed E-state index contributed by atoms with van der Waals surface area (Å²) in [4.78, 5) is 2.42. The molecule has 2 aliphatic rings. The van der Waals surface area contributed by atoms with Crippen molar-refractivity contribution in [3.63, 3.8) is 0 Å². The highest BCUT2D eigenvalue weighted by Gasteiger charge is 2.34. The number of fused-ring (bicyclic) bond motifs is 1. The van der Waals surface area contributed by atoms with Crippen molar-refractivity contribution in [3.8, 4) is 17.2 Å². The molecule has 1 saturated heterocycles. The van der Waals surface area contributed by atoms with E-state index in [1.807, 2.05) is 24.3 Å². The van der Waals surface area contributed by atoms with E-state index in [0.717, 1.165) is 50.5 Å². The van der Waals surface area contributed by atoms with E-state index < -0.39 is 11.7 Å². The lowest BCUT2D eigenvalue weighted by Gasteiger charge is -2.39. The van der Waals surface area contributed by atoms with Crippen LogP contribution in [0.15, 0.2) is 42.5 Å². The zero-order chi connectivity index (χ0) is 22.6. The molecular weight excluding hydrogens is 435 g/mol. The number of alkyl halides is 3. The normalized spacial score (nSPS) is 20.4. The van der Waals surface area contributed by atoms with Gasteiger partial charge in [-0.15, -0.1) is 0 Å². The molecule has 0 saturated carbocycles. The van der Waals surface area contributed by atoms with Crippen LogP contribution in [0.4, 0.5) is 13.2 Å². The lowest BCUT2D eigenvalue weighted by Crippen LogP contribution is -2.42. The largest absolute Gasteiger partial charge is 0.493 e. The van der Waals surface area contributed by atoms with Crippen LogP contribution in [0.25, 0.3) is 0 Å². The number of likely N-dealkylation sites (tertiary alicyclic amines) is 1. The summed E-state index contributed by atoms with van der Waals surface area (Å²) in [6.07, 6.45) is -0.0261. The van der Waals surface area contributed by atoms with Gasteiger partial charge in [-0.3, -0.25) is 0 Å². The number of unbranched alkanes of at least 4 members (excludes halogenated alkanes) is 2. The number of ether oxygens (including phenoxy) is 3. The monoisotopic (exact) mass is 467 g/mol. The number of benzene rings is 2. The van der Waals surface area contributed by atoms with Crippen molar-refractivity contribution < 1.29 is 32.9 Å². The van der Waals surface area contributed by atoms with Crippen LogP contribution >= 0.6 is 0 Å². The van der Waals surface area contributed by atoms with Crippen LogP contribution < -0.4 is 14.2 Å². The molecular formula is C25H32F3NO4. The Morgan fingerprint density at radius 3 is 2.67 bits per heavy atom. The van der Waals surface area contributed by atoms with E-state index in [2.05, 4.69) is 11.8 Å². The number of hydrogen-bond acceptors (Lipinski definition) is 4. The highest BCUT2D eigenvalue weighted by atomic mass is 19.4. The van der Waals surface area contributed by atoms with Gasteiger partial charge >= 0.3 is 6.18 Å². The molecule has 1 fully saturated rings. The highest BCUT2D eigenvalue weighted by Crippen LogP contribution is 2.38. The van der Waals surface area contributed by atoms with Gasteiger partial charge in [-0.2, -0.15) is 13.2 Å². The van der Waals surface area contributed by atoms with Crippen LogP contribution in [0.3, 0.4) is 0 Å². The minimum atomic E-state index is -4.34. The van der Waals surface area contributed by atoms with E-state index in [9.17, 15) is 13.2 Å². The first kappa shape index (κ1) is 25.2. The van der Waals surface area contributed by atoms with Gasteiger partial charge in [-0.05, 0) is 55.6 Å². The van der Waals surface area contributed by atoms with Gasteiger partial charge in [0.05, 0.1) is 12.2 Å². The van der Waals surface area contributed by atoms with Crippen LogP contribution in [-0.4, -0.2) is 43.4 Å². The lowest BCUT2D eigenvalue weighted by molar-refractivity contribution is -0.137. The molecule has 2 aromatic carbocycles. The fraction of sp³-hybridized carbons (Fsp3) is 0.520. The van der Waals surface area contributed by atoms with Gasteiger partial charge in [0.25, 0.3) is 0 Å². The molecule has 0 radical (unpaired) electrons. The summed E-state index contributed by atoms with van der Waals surface area (Å²) in [5.74, 6) is 2.15. The maximum absolute atomic E-state index is 13.3. The Morgan fingerprint density at radius 1 is 1.06 bits per heavy atom. The van der Waals surface area contributed by atoms with Gasteiger partial charge in [0, 0.05) is 18.5 Å². The van der Waals surface area contributed by atoms with Gasteiger partial charge in [0.2, 0.25) is 6.79 Å². The van der Waals surface area contributed by atoms with Gasteiger partial charge in [0.15, 0.2) is 11.5 Å².